The smallest absolute Gasteiger partial charge is 0.351 e. The average molecular weight is 394 g/mol. The number of benzene rings is 1. The first-order valence-electron chi connectivity index (χ1n) is 7.24. The summed E-state index contributed by atoms with van der Waals surface area (Å²) in [6.45, 7) is 0. The van der Waals surface area contributed by atoms with Crippen molar-refractivity contribution in [3.63, 3.8) is 0 Å². The zero-order chi connectivity index (χ0) is 19.0. The first-order valence-corrected chi connectivity index (χ1v) is 8.44. The predicted molar refractivity (Wildman–Crippen MR) is 98.1 cm³/mol. The van der Waals surface area contributed by atoms with E-state index in [-0.39, 0.29) is 22.1 Å². The molecule has 1 amide bonds. The number of nitrogens with zero attached hydrogens (tertiary/aromatic N) is 1. The van der Waals surface area contributed by atoms with Crippen molar-refractivity contribution in [3.05, 3.63) is 56.9 Å². The van der Waals surface area contributed by atoms with E-state index in [1.807, 2.05) is 0 Å². The number of aromatic carboxylic acids is 1. The second kappa shape index (κ2) is 6.81. The van der Waals surface area contributed by atoms with Gasteiger partial charge in [0.25, 0.3) is 5.91 Å². The summed E-state index contributed by atoms with van der Waals surface area (Å²) in [6, 6.07) is 7.45. The number of carboxylic acids is 1. The molecule has 0 unspecified atom stereocenters. The SMILES string of the molecule is COc1ccc(Cl)c(C(=O)N(C)c2cc3oc(=O)c(C(=O)O)cc3s2)c1. The number of amides is 1. The Balaban J connectivity index is 2.02. The Bertz CT molecular complexity index is 1090. The van der Waals surface area contributed by atoms with E-state index in [4.69, 9.17) is 25.9 Å². The summed E-state index contributed by atoms with van der Waals surface area (Å²) < 4.78 is 10.6. The lowest BCUT2D eigenvalue weighted by Crippen LogP contribution is -2.25. The molecule has 26 heavy (non-hydrogen) atoms. The third-order valence-electron chi connectivity index (χ3n) is 3.68. The fraction of sp³-hybridized carbons (Fsp3) is 0.118. The second-order valence-corrected chi connectivity index (χ2v) is 6.75. The Hall–Kier alpha value is -2.84. The van der Waals surface area contributed by atoms with Crippen molar-refractivity contribution >= 4 is 50.1 Å². The van der Waals surface area contributed by atoms with E-state index in [2.05, 4.69) is 0 Å². The lowest BCUT2D eigenvalue weighted by molar-refractivity contribution is 0.0692. The first kappa shape index (κ1) is 18.0. The van der Waals surface area contributed by atoms with Crippen LogP contribution in [0.15, 0.2) is 39.5 Å². The molecule has 0 bridgehead atoms. The van der Waals surface area contributed by atoms with Gasteiger partial charge in [-0.3, -0.25) is 4.79 Å². The van der Waals surface area contributed by atoms with Gasteiger partial charge in [-0.2, -0.15) is 0 Å². The summed E-state index contributed by atoms with van der Waals surface area (Å²) in [6.07, 6.45) is 0. The number of methoxy groups -OCH3 is 1. The van der Waals surface area contributed by atoms with E-state index < -0.39 is 17.2 Å². The molecule has 2 heterocycles. The van der Waals surface area contributed by atoms with Gasteiger partial charge in [-0.1, -0.05) is 11.6 Å². The van der Waals surface area contributed by atoms with Crippen LogP contribution in [0.25, 0.3) is 10.3 Å². The molecule has 1 N–H and O–H groups in total. The Kier molecular flexibility index (Phi) is 4.71. The van der Waals surface area contributed by atoms with Crippen molar-refractivity contribution in [2.75, 3.05) is 19.1 Å². The summed E-state index contributed by atoms with van der Waals surface area (Å²) in [5.74, 6) is -1.27. The van der Waals surface area contributed by atoms with Crippen LogP contribution in [0.2, 0.25) is 5.02 Å². The van der Waals surface area contributed by atoms with Crippen LogP contribution in [-0.2, 0) is 0 Å². The summed E-state index contributed by atoms with van der Waals surface area (Å²) in [7, 11) is 3.02. The van der Waals surface area contributed by atoms with Gasteiger partial charge < -0.3 is 19.2 Å². The largest absolute Gasteiger partial charge is 0.497 e. The Morgan fingerprint density at radius 2 is 1.96 bits per heavy atom. The molecule has 1 aromatic carbocycles. The van der Waals surface area contributed by atoms with Gasteiger partial charge >= 0.3 is 11.6 Å². The van der Waals surface area contributed by atoms with Crippen molar-refractivity contribution in [1.82, 2.24) is 0 Å². The highest BCUT2D eigenvalue weighted by molar-refractivity contribution is 7.22. The van der Waals surface area contributed by atoms with Gasteiger partial charge in [0.2, 0.25) is 0 Å². The number of ether oxygens (including phenoxy) is 1. The molecule has 0 spiro atoms. The minimum atomic E-state index is -1.37. The Morgan fingerprint density at radius 1 is 1.23 bits per heavy atom. The highest BCUT2D eigenvalue weighted by Crippen LogP contribution is 2.33. The number of carbonyl (C=O) groups is 2. The van der Waals surface area contributed by atoms with Gasteiger partial charge in [0.1, 0.15) is 16.3 Å². The molecule has 0 saturated heterocycles. The molecule has 0 aliphatic heterocycles. The molecule has 3 aromatic rings. The number of carboxylic acid groups (broad SMARTS) is 1. The number of carbonyl (C=O) groups excluding carboxylic acids is 1. The van der Waals surface area contributed by atoms with Crippen LogP contribution < -0.4 is 15.3 Å². The Labute approximate surface area is 156 Å². The maximum absolute atomic E-state index is 12.8. The molecule has 0 saturated carbocycles. The van der Waals surface area contributed by atoms with Crippen molar-refractivity contribution in [1.29, 1.82) is 0 Å². The number of halogens is 1. The Morgan fingerprint density at radius 3 is 2.62 bits per heavy atom. The van der Waals surface area contributed by atoms with Gasteiger partial charge in [0.05, 0.1) is 22.4 Å². The monoisotopic (exact) mass is 393 g/mol. The van der Waals surface area contributed by atoms with Crippen molar-refractivity contribution < 1.29 is 23.8 Å². The minimum absolute atomic E-state index is 0.205. The molecule has 2 aromatic heterocycles. The van der Waals surface area contributed by atoms with E-state index in [1.54, 1.807) is 19.2 Å². The number of hydrogen-bond donors (Lipinski definition) is 1. The highest BCUT2D eigenvalue weighted by atomic mass is 35.5. The third kappa shape index (κ3) is 3.16. The third-order valence-corrected chi connectivity index (χ3v) is 5.15. The molecule has 0 atom stereocenters. The predicted octanol–water partition coefficient (Wildman–Crippen LogP) is 3.49. The number of thiophene rings is 1. The lowest BCUT2D eigenvalue weighted by Gasteiger charge is -2.16. The standard InChI is InChI=1S/C17H12ClNO6S/c1-19(15(20)9-5-8(24-2)3-4-11(9)18)14-7-12-13(26-14)6-10(16(21)22)17(23)25-12/h3-7H,1-2H3,(H,21,22). The van der Waals surface area contributed by atoms with E-state index in [0.717, 1.165) is 11.3 Å². The topological polar surface area (TPSA) is 97.0 Å². The molecule has 0 aliphatic carbocycles. The quantitative estimate of drug-likeness (QED) is 0.728. The van der Waals surface area contributed by atoms with E-state index in [1.165, 1.54) is 30.2 Å². The molecular formula is C17H12ClNO6S. The molecule has 9 heteroatoms. The number of hydrogen-bond acceptors (Lipinski definition) is 6. The maximum atomic E-state index is 12.8. The minimum Gasteiger partial charge on any atom is -0.497 e. The van der Waals surface area contributed by atoms with E-state index in [9.17, 15) is 14.4 Å². The molecule has 0 fully saturated rings. The molecule has 134 valence electrons. The van der Waals surface area contributed by atoms with E-state index >= 15 is 0 Å². The first-order chi connectivity index (χ1) is 12.3. The zero-order valence-corrected chi connectivity index (χ0v) is 15.2. The van der Waals surface area contributed by atoms with Crippen LogP contribution in [0.3, 0.4) is 0 Å². The van der Waals surface area contributed by atoms with Gasteiger partial charge in [0, 0.05) is 13.1 Å². The highest BCUT2D eigenvalue weighted by Gasteiger charge is 2.21. The summed E-state index contributed by atoms with van der Waals surface area (Å²) in [4.78, 5) is 36.8. The fourth-order valence-corrected chi connectivity index (χ4v) is 3.48. The summed E-state index contributed by atoms with van der Waals surface area (Å²) in [5.41, 5.74) is -0.954. The second-order valence-electron chi connectivity index (χ2n) is 5.28. The molecule has 0 radical (unpaired) electrons. The van der Waals surface area contributed by atoms with Gasteiger partial charge in [-0.25, -0.2) is 9.59 Å². The number of anilines is 1. The zero-order valence-electron chi connectivity index (χ0n) is 13.6. The van der Waals surface area contributed by atoms with Crippen LogP contribution in [0, 0.1) is 0 Å². The van der Waals surface area contributed by atoms with Gasteiger partial charge in [-0.05, 0) is 24.3 Å². The average Bonchev–Trinajstić information content (AvgIpc) is 3.02. The molecule has 7 nitrogen and oxygen atoms in total. The van der Waals surface area contributed by atoms with Crippen molar-refractivity contribution in [2.45, 2.75) is 0 Å². The van der Waals surface area contributed by atoms with Crippen molar-refractivity contribution in [3.8, 4) is 5.75 Å². The number of fused-ring (bicyclic) bond motifs is 1. The van der Waals surface area contributed by atoms with Crippen LogP contribution in [0.5, 0.6) is 5.75 Å². The number of rotatable bonds is 4. The van der Waals surface area contributed by atoms with Crippen molar-refractivity contribution in [2.24, 2.45) is 0 Å². The van der Waals surface area contributed by atoms with Crippen LogP contribution in [0.4, 0.5) is 5.00 Å². The summed E-state index contributed by atoms with van der Waals surface area (Å²) >= 11 is 7.23. The van der Waals surface area contributed by atoms with Gasteiger partial charge in [0.15, 0.2) is 5.58 Å². The summed E-state index contributed by atoms with van der Waals surface area (Å²) in [5, 5.41) is 9.75. The van der Waals surface area contributed by atoms with Crippen LogP contribution in [0.1, 0.15) is 20.7 Å². The fourth-order valence-electron chi connectivity index (χ4n) is 2.29. The maximum Gasteiger partial charge on any atom is 0.351 e. The normalized spacial score (nSPS) is 10.7. The van der Waals surface area contributed by atoms with Crippen LogP contribution >= 0.6 is 22.9 Å². The molecular weight excluding hydrogens is 382 g/mol. The van der Waals surface area contributed by atoms with Crippen LogP contribution in [-0.4, -0.2) is 31.1 Å². The molecule has 3 rings (SSSR count). The van der Waals surface area contributed by atoms with Gasteiger partial charge in [-0.15, -0.1) is 11.3 Å². The van der Waals surface area contributed by atoms with E-state index in [0.29, 0.717) is 15.5 Å². The molecule has 0 aliphatic rings. The lowest BCUT2D eigenvalue weighted by atomic mass is 10.2.